The van der Waals surface area contributed by atoms with Gasteiger partial charge in [0.25, 0.3) is 0 Å². The van der Waals surface area contributed by atoms with Gasteiger partial charge < -0.3 is 10.2 Å². The van der Waals surface area contributed by atoms with Gasteiger partial charge in [0.05, 0.1) is 9.85 Å². The third-order valence-corrected chi connectivity index (χ3v) is 4.03. The summed E-state index contributed by atoms with van der Waals surface area (Å²) in [7, 11) is 3.85. The van der Waals surface area contributed by atoms with E-state index in [0.29, 0.717) is 6.54 Å². The Bertz CT molecular complexity index is 491. The molecule has 1 rings (SSSR count). The van der Waals surface area contributed by atoms with Gasteiger partial charge in [-0.2, -0.15) is 0 Å². The molecule has 0 radical (unpaired) electrons. The molecule has 1 heterocycles. The summed E-state index contributed by atoms with van der Waals surface area (Å²) in [5.41, 5.74) is -0.975. The van der Waals surface area contributed by atoms with Crippen molar-refractivity contribution < 1.29 is 9.85 Å². The molecule has 19 heavy (non-hydrogen) atoms. The van der Waals surface area contributed by atoms with Gasteiger partial charge in [0.2, 0.25) is 0 Å². The van der Waals surface area contributed by atoms with Crippen LogP contribution in [0.1, 0.15) is 6.42 Å². The minimum absolute atomic E-state index is 0.152. The van der Waals surface area contributed by atoms with E-state index in [1.165, 1.54) is 0 Å². The predicted molar refractivity (Wildman–Crippen MR) is 77.0 cm³/mol. The van der Waals surface area contributed by atoms with E-state index in [9.17, 15) is 20.2 Å². The van der Waals surface area contributed by atoms with Gasteiger partial charge in [-0.25, -0.2) is 0 Å². The molecule has 8 nitrogen and oxygen atoms in total. The van der Waals surface area contributed by atoms with E-state index < -0.39 is 21.2 Å². The fourth-order valence-electron chi connectivity index (χ4n) is 1.43. The second-order valence-electron chi connectivity index (χ2n) is 4.00. The molecule has 0 unspecified atom stereocenters. The number of hydrogen-bond donors (Lipinski definition) is 1. The molecule has 0 spiro atoms. The zero-order valence-corrected chi connectivity index (χ0v) is 12.8. The Labute approximate surface area is 121 Å². The third-order valence-electron chi connectivity index (χ3n) is 2.25. The van der Waals surface area contributed by atoms with Crippen molar-refractivity contribution in [1.29, 1.82) is 0 Å². The Morgan fingerprint density at radius 2 is 1.84 bits per heavy atom. The molecule has 0 saturated carbocycles. The van der Waals surface area contributed by atoms with Gasteiger partial charge in [0, 0.05) is 6.54 Å². The zero-order valence-electron chi connectivity index (χ0n) is 10.4. The van der Waals surface area contributed by atoms with Gasteiger partial charge in [-0.05, 0) is 43.0 Å². The second kappa shape index (κ2) is 6.78. The molecule has 0 saturated heterocycles. The summed E-state index contributed by atoms with van der Waals surface area (Å²) in [6.45, 7) is 1.35. The van der Waals surface area contributed by atoms with E-state index >= 15 is 0 Å². The smallest absolute Gasteiger partial charge is 0.371 e. The summed E-state index contributed by atoms with van der Waals surface area (Å²) in [5, 5.41) is 24.9. The largest absolute Gasteiger partial charge is 0.381 e. The highest BCUT2D eigenvalue weighted by molar-refractivity contribution is 9.11. The average molecular weight is 353 g/mol. The molecule has 0 bridgehead atoms. The van der Waals surface area contributed by atoms with Gasteiger partial charge in [-0.15, -0.1) is 0 Å². The Hall–Kier alpha value is -1.26. The lowest BCUT2D eigenvalue weighted by atomic mass is 10.4. The summed E-state index contributed by atoms with van der Waals surface area (Å²) in [6.07, 6.45) is 0.785. The lowest BCUT2D eigenvalue weighted by molar-refractivity contribution is -0.421. The standard InChI is InChI=1S/C9H13BrN4O4S/c1-12(2)5-3-4-11-9-7(14(17)18)6(13(15)16)8(10)19-9/h11H,3-5H2,1-2H3. The quantitative estimate of drug-likeness (QED) is 0.459. The molecule has 0 aliphatic heterocycles. The number of halogens is 1. The van der Waals surface area contributed by atoms with Crippen molar-refractivity contribution in [3.63, 3.8) is 0 Å². The molecule has 1 aromatic rings. The van der Waals surface area contributed by atoms with Crippen molar-refractivity contribution in [3.05, 3.63) is 24.0 Å². The van der Waals surface area contributed by atoms with E-state index in [0.717, 1.165) is 24.3 Å². The lowest BCUT2D eigenvalue weighted by Crippen LogP contribution is -2.16. The van der Waals surface area contributed by atoms with Crippen LogP contribution >= 0.6 is 27.3 Å². The number of nitrogens with one attached hydrogen (secondary N) is 1. The van der Waals surface area contributed by atoms with Crippen LogP contribution in [0.2, 0.25) is 0 Å². The second-order valence-corrected chi connectivity index (χ2v) is 6.34. The van der Waals surface area contributed by atoms with Crippen LogP contribution < -0.4 is 5.32 Å². The van der Waals surface area contributed by atoms with Gasteiger partial charge in [-0.1, -0.05) is 11.3 Å². The van der Waals surface area contributed by atoms with E-state index in [2.05, 4.69) is 21.2 Å². The molecule has 0 aliphatic rings. The molecule has 1 aromatic heterocycles. The fourth-order valence-corrected chi connectivity index (χ4v) is 3.14. The van der Waals surface area contributed by atoms with Crippen LogP contribution in [0.5, 0.6) is 0 Å². The molecule has 106 valence electrons. The van der Waals surface area contributed by atoms with Gasteiger partial charge in [-0.3, -0.25) is 20.2 Å². The maximum Gasteiger partial charge on any atom is 0.381 e. The highest BCUT2D eigenvalue weighted by atomic mass is 79.9. The molecular weight excluding hydrogens is 340 g/mol. The molecule has 1 N–H and O–H groups in total. The van der Waals surface area contributed by atoms with E-state index in [1.54, 1.807) is 0 Å². The maximum atomic E-state index is 10.9. The van der Waals surface area contributed by atoms with Crippen molar-refractivity contribution >= 4 is 43.6 Å². The van der Waals surface area contributed by atoms with Crippen LogP contribution in [-0.2, 0) is 0 Å². The summed E-state index contributed by atoms with van der Waals surface area (Å²) in [6, 6.07) is 0. The normalized spacial score (nSPS) is 10.7. The van der Waals surface area contributed by atoms with Crippen LogP contribution in [0.25, 0.3) is 0 Å². The third kappa shape index (κ3) is 4.11. The average Bonchev–Trinajstić information content (AvgIpc) is 2.61. The first kappa shape index (κ1) is 15.8. The number of rotatable bonds is 7. The van der Waals surface area contributed by atoms with Gasteiger partial charge in [0.15, 0.2) is 8.79 Å². The molecule has 0 aliphatic carbocycles. The summed E-state index contributed by atoms with van der Waals surface area (Å²) in [5.74, 6) is 0. The number of nitro groups is 2. The Balaban J connectivity index is 2.86. The molecule has 0 atom stereocenters. The summed E-state index contributed by atoms with van der Waals surface area (Å²) in [4.78, 5) is 22.3. The lowest BCUT2D eigenvalue weighted by Gasteiger charge is -2.09. The van der Waals surface area contributed by atoms with E-state index in [1.807, 2.05) is 19.0 Å². The van der Waals surface area contributed by atoms with Crippen LogP contribution in [0.3, 0.4) is 0 Å². The van der Waals surface area contributed by atoms with Crippen LogP contribution in [0.15, 0.2) is 3.79 Å². The fraction of sp³-hybridized carbons (Fsp3) is 0.556. The van der Waals surface area contributed by atoms with Gasteiger partial charge >= 0.3 is 11.4 Å². The molecule has 0 amide bonds. The van der Waals surface area contributed by atoms with E-state index in [-0.39, 0.29) is 8.79 Å². The SMILES string of the molecule is CN(C)CCCNc1sc(Br)c([N+](=O)[O-])c1[N+](=O)[O-]. The number of anilines is 1. The Morgan fingerprint density at radius 3 is 2.32 bits per heavy atom. The summed E-state index contributed by atoms with van der Waals surface area (Å²) >= 11 is 3.96. The number of nitrogens with zero attached hydrogens (tertiary/aromatic N) is 3. The van der Waals surface area contributed by atoms with Crippen molar-refractivity contribution in [2.75, 3.05) is 32.5 Å². The van der Waals surface area contributed by atoms with Crippen LogP contribution in [0.4, 0.5) is 16.4 Å². The summed E-state index contributed by atoms with van der Waals surface area (Å²) < 4.78 is 0.152. The van der Waals surface area contributed by atoms with Crippen molar-refractivity contribution in [2.24, 2.45) is 0 Å². The highest BCUT2D eigenvalue weighted by Crippen LogP contribution is 2.48. The monoisotopic (exact) mass is 352 g/mol. The molecule has 10 heteroatoms. The van der Waals surface area contributed by atoms with E-state index in [4.69, 9.17) is 0 Å². The molecular formula is C9H13BrN4O4S. The number of thiophene rings is 1. The van der Waals surface area contributed by atoms with Crippen LogP contribution in [-0.4, -0.2) is 41.9 Å². The predicted octanol–water partition coefficient (Wildman–Crippen LogP) is 2.69. The van der Waals surface area contributed by atoms with Crippen molar-refractivity contribution in [3.8, 4) is 0 Å². The first-order valence-electron chi connectivity index (χ1n) is 5.34. The van der Waals surface area contributed by atoms with Crippen molar-refractivity contribution in [2.45, 2.75) is 6.42 Å². The van der Waals surface area contributed by atoms with Crippen molar-refractivity contribution in [1.82, 2.24) is 4.90 Å². The Kier molecular flexibility index (Phi) is 5.63. The topological polar surface area (TPSA) is 102 Å². The van der Waals surface area contributed by atoms with Crippen LogP contribution in [0, 0.1) is 20.2 Å². The minimum atomic E-state index is -0.746. The maximum absolute atomic E-state index is 10.9. The highest BCUT2D eigenvalue weighted by Gasteiger charge is 2.35. The molecule has 0 fully saturated rings. The van der Waals surface area contributed by atoms with Gasteiger partial charge in [0.1, 0.15) is 0 Å². The molecule has 0 aromatic carbocycles. The minimum Gasteiger partial charge on any atom is -0.371 e. The first-order chi connectivity index (χ1) is 8.84. The first-order valence-corrected chi connectivity index (χ1v) is 6.95. The Morgan fingerprint density at radius 1 is 1.26 bits per heavy atom. The zero-order chi connectivity index (χ0) is 14.6. The number of hydrogen-bond acceptors (Lipinski definition) is 7.